The van der Waals surface area contributed by atoms with E-state index in [1.54, 1.807) is 12.1 Å². The van der Waals surface area contributed by atoms with E-state index in [4.69, 9.17) is 0 Å². The molecule has 2 heterocycles. The molecule has 0 aliphatic carbocycles. The van der Waals surface area contributed by atoms with Gasteiger partial charge in [0.2, 0.25) is 10.0 Å². The molecule has 7 heteroatoms. The van der Waals surface area contributed by atoms with Crippen LogP contribution in [0.3, 0.4) is 0 Å². The van der Waals surface area contributed by atoms with E-state index < -0.39 is 10.0 Å². The number of amides is 1. The molecule has 0 spiro atoms. The number of nitrogens with zero attached hydrogens (tertiary/aromatic N) is 2. The smallest absolute Gasteiger partial charge is 0.253 e. The molecule has 1 fully saturated rings. The lowest BCUT2D eigenvalue weighted by Crippen LogP contribution is -2.40. The van der Waals surface area contributed by atoms with Crippen molar-refractivity contribution >= 4 is 27.4 Å². The van der Waals surface area contributed by atoms with Gasteiger partial charge >= 0.3 is 0 Å². The molecule has 34 heavy (non-hydrogen) atoms. The molecule has 1 amide bonds. The number of benzene rings is 2. The van der Waals surface area contributed by atoms with Crippen LogP contribution in [-0.2, 0) is 22.9 Å². The van der Waals surface area contributed by atoms with E-state index >= 15 is 0 Å². The van der Waals surface area contributed by atoms with E-state index in [1.165, 1.54) is 16.1 Å². The molecule has 1 atom stereocenters. The number of carbonyl (C=O) groups excluding carboxylic acids is 2. The predicted molar refractivity (Wildman–Crippen MR) is 135 cm³/mol. The number of anilines is 1. The molecule has 2 aromatic rings. The normalized spacial score (nSPS) is 18.9. The fourth-order valence-electron chi connectivity index (χ4n) is 5.28. The van der Waals surface area contributed by atoms with E-state index in [2.05, 4.69) is 13.8 Å². The SMILES string of the molecule is CC(C)Cc1ccc(C(=O)C2CCN(C(=O)c3ccc4c(c3)CC(C)N4S(C)(=O)=O)CC2)cc1. The van der Waals surface area contributed by atoms with Gasteiger partial charge in [-0.05, 0) is 67.9 Å². The van der Waals surface area contributed by atoms with Crippen LogP contribution in [0.15, 0.2) is 42.5 Å². The van der Waals surface area contributed by atoms with Crippen molar-refractivity contribution in [1.82, 2.24) is 4.90 Å². The Hall–Kier alpha value is -2.67. The maximum Gasteiger partial charge on any atom is 0.253 e. The van der Waals surface area contributed by atoms with Crippen LogP contribution in [0.5, 0.6) is 0 Å². The predicted octanol–water partition coefficient (Wildman–Crippen LogP) is 4.33. The van der Waals surface area contributed by atoms with Gasteiger partial charge in [0.1, 0.15) is 0 Å². The largest absolute Gasteiger partial charge is 0.339 e. The summed E-state index contributed by atoms with van der Waals surface area (Å²) in [7, 11) is -3.36. The van der Waals surface area contributed by atoms with Gasteiger partial charge in [-0.15, -0.1) is 0 Å². The van der Waals surface area contributed by atoms with Crippen molar-refractivity contribution in [2.75, 3.05) is 23.7 Å². The monoisotopic (exact) mass is 482 g/mol. The van der Waals surface area contributed by atoms with Crippen molar-refractivity contribution in [3.8, 4) is 0 Å². The third-order valence-corrected chi connectivity index (χ3v) is 8.14. The van der Waals surface area contributed by atoms with E-state index in [0.717, 1.165) is 17.5 Å². The molecule has 1 unspecified atom stereocenters. The Morgan fingerprint density at radius 3 is 2.21 bits per heavy atom. The van der Waals surface area contributed by atoms with Gasteiger partial charge < -0.3 is 4.90 Å². The average molecular weight is 483 g/mol. The summed E-state index contributed by atoms with van der Waals surface area (Å²) in [5.74, 6) is 0.619. The Labute approximate surface area is 203 Å². The summed E-state index contributed by atoms with van der Waals surface area (Å²) in [5.41, 5.74) is 4.12. The molecule has 0 bridgehead atoms. The molecule has 0 saturated carbocycles. The van der Waals surface area contributed by atoms with Crippen LogP contribution >= 0.6 is 0 Å². The highest BCUT2D eigenvalue weighted by Crippen LogP contribution is 2.35. The Morgan fingerprint density at radius 2 is 1.62 bits per heavy atom. The first-order valence-corrected chi connectivity index (χ1v) is 13.9. The van der Waals surface area contributed by atoms with Crippen molar-refractivity contribution in [1.29, 1.82) is 0 Å². The van der Waals surface area contributed by atoms with Crippen LogP contribution in [-0.4, -0.2) is 50.4 Å². The van der Waals surface area contributed by atoms with Crippen LogP contribution in [0, 0.1) is 11.8 Å². The summed E-state index contributed by atoms with van der Waals surface area (Å²) >= 11 is 0. The summed E-state index contributed by atoms with van der Waals surface area (Å²) in [6, 6.07) is 13.1. The third-order valence-electron chi connectivity index (χ3n) is 6.87. The average Bonchev–Trinajstić information content (AvgIpc) is 3.13. The van der Waals surface area contributed by atoms with Crippen molar-refractivity contribution in [3.05, 3.63) is 64.7 Å². The topological polar surface area (TPSA) is 74.8 Å². The highest BCUT2D eigenvalue weighted by molar-refractivity contribution is 7.92. The maximum atomic E-state index is 13.1. The molecule has 0 radical (unpaired) electrons. The summed E-state index contributed by atoms with van der Waals surface area (Å²) < 4.78 is 25.7. The molecule has 182 valence electrons. The van der Waals surface area contributed by atoms with Gasteiger partial charge in [0.05, 0.1) is 11.9 Å². The Morgan fingerprint density at radius 1 is 1.00 bits per heavy atom. The molecule has 2 aliphatic rings. The summed E-state index contributed by atoms with van der Waals surface area (Å²) in [4.78, 5) is 27.9. The number of sulfonamides is 1. The molecule has 6 nitrogen and oxygen atoms in total. The Bertz CT molecular complexity index is 1180. The first kappa shape index (κ1) is 24.5. The number of likely N-dealkylation sites (tertiary alicyclic amines) is 1. The van der Waals surface area contributed by atoms with Gasteiger partial charge in [-0.1, -0.05) is 38.1 Å². The quantitative estimate of drug-likeness (QED) is 0.575. The van der Waals surface area contributed by atoms with Crippen molar-refractivity contribution in [2.24, 2.45) is 11.8 Å². The molecule has 0 aromatic heterocycles. The summed E-state index contributed by atoms with van der Waals surface area (Å²) in [6.07, 6.45) is 4.12. The fourth-order valence-corrected chi connectivity index (χ4v) is 6.54. The van der Waals surface area contributed by atoms with E-state index in [-0.39, 0.29) is 23.7 Å². The van der Waals surface area contributed by atoms with Gasteiger partial charge in [-0.2, -0.15) is 0 Å². The second-order valence-corrected chi connectivity index (χ2v) is 12.0. The lowest BCUT2D eigenvalue weighted by atomic mass is 9.88. The standard InChI is InChI=1S/C27H34N2O4S/c1-18(2)15-20-5-7-21(8-6-20)26(30)22-11-13-28(14-12-22)27(31)23-9-10-25-24(17-23)16-19(3)29(25)34(4,32)33/h5-10,17-19,22H,11-16H2,1-4H3. The highest BCUT2D eigenvalue weighted by atomic mass is 32.2. The van der Waals surface area contributed by atoms with Crippen LogP contribution in [0.4, 0.5) is 5.69 Å². The molecule has 4 rings (SSSR count). The molecular formula is C27H34N2O4S. The minimum Gasteiger partial charge on any atom is -0.339 e. The lowest BCUT2D eigenvalue weighted by Gasteiger charge is -2.31. The summed E-state index contributed by atoms with van der Waals surface area (Å²) in [5, 5.41) is 0. The first-order valence-electron chi connectivity index (χ1n) is 12.1. The zero-order chi connectivity index (χ0) is 24.6. The van der Waals surface area contributed by atoms with Gasteiger partial charge in [0, 0.05) is 36.2 Å². The number of carbonyl (C=O) groups is 2. The first-order chi connectivity index (χ1) is 16.0. The number of hydrogen-bond acceptors (Lipinski definition) is 4. The van der Waals surface area contributed by atoms with Crippen molar-refractivity contribution in [3.63, 3.8) is 0 Å². The van der Waals surface area contributed by atoms with Crippen molar-refractivity contribution in [2.45, 2.75) is 52.5 Å². The summed E-state index contributed by atoms with van der Waals surface area (Å²) in [6.45, 7) is 7.33. The molecule has 0 N–H and O–H groups in total. The van der Waals surface area contributed by atoms with Crippen LogP contribution in [0.2, 0.25) is 0 Å². The number of fused-ring (bicyclic) bond motifs is 1. The molecule has 1 saturated heterocycles. The third kappa shape index (κ3) is 5.04. The van der Waals surface area contributed by atoms with Gasteiger partial charge in [-0.3, -0.25) is 13.9 Å². The van der Waals surface area contributed by atoms with E-state index in [9.17, 15) is 18.0 Å². The minimum absolute atomic E-state index is 0.0582. The van der Waals surface area contributed by atoms with Gasteiger partial charge in [0.25, 0.3) is 5.91 Å². The van der Waals surface area contributed by atoms with Crippen LogP contribution in [0.1, 0.15) is 65.5 Å². The number of Topliss-reactive ketones (excluding diaryl/α,β-unsaturated/α-hetero) is 1. The second kappa shape index (κ2) is 9.53. The fraction of sp³-hybridized carbons (Fsp3) is 0.481. The zero-order valence-corrected chi connectivity index (χ0v) is 21.3. The maximum absolute atomic E-state index is 13.1. The number of hydrogen-bond donors (Lipinski definition) is 0. The van der Waals surface area contributed by atoms with Gasteiger partial charge in [-0.25, -0.2) is 8.42 Å². The Balaban J connectivity index is 1.39. The van der Waals surface area contributed by atoms with Crippen LogP contribution < -0.4 is 4.31 Å². The van der Waals surface area contributed by atoms with Crippen molar-refractivity contribution < 1.29 is 18.0 Å². The second-order valence-electron chi connectivity index (χ2n) is 10.2. The number of ketones is 1. The highest BCUT2D eigenvalue weighted by Gasteiger charge is 2.34. The Kier molecular flexibility index (Phi) is 6.85. The van der Waals surface area contributed by atoms with Crippen LogP contribution in [0.25, 0.3) is 0 Å². The van der Waals surface area contributed by atoms with E-state index in [1.807, 2.05) is 42.2 Å². The van der Waals surface area contributed by atoms with Gasteiger partial charge in [0.15, 0.2) is 5.78 Å². The lowest BCUT2D eigenvalue weighted by molar-refractivity contribution is 0.0650. The molecule has 2 aliphatic heterocycles. The molecular weight excluding hydrogens is 448 g/mol. The minimum atomic E-state index is -3.36. The number of piperidine rings is 1. The molecule has 2 aromatic carbocycles. The zero-order valence-electron chi connectivity index (χ0n) is 20.5. The van der Waals surface area contributed by atoms with E-state index in [0.29, 0.717) is 49.5 Å². The number of rotatable bonds is 6.